The van der Waals surface area contributed by atoms with E-state index >= 15 is 0 Å². The van der Waals surface area contributed by atoms with E-state index < -0.39 is 0 Å². The van der Waals surface area contributed by atoms with Crippen LogP contribution in [-0.2, 0) is 6.42 Å². The molecule has 0 amide bonds. The second-order valence-corrected chi connectivity index (χ2v) is 4.26. The predicted octanol–water partition coefficient (Wildman–Crippen LogP) is 2.57. The predicted molar refractivity (Wildman–Crippen MR) is 60.6 cm³/mol. The van der Waals surface area contributed by atoms with Gasteiger partial charge in [0, 0.05) is 0 Å². The molecule has 0 heterocycles. The molecule has 1 aliphatic rings. The molecule has 0 bridgehead atoms. The average molecular weight is 189 g/mol. The van der Waals surface area contributed by atoms with Crippen LogP contribution in [0.1, 0.15) is 30.4 Å². The average Bonchev–Trinajstić information content (AvgIpc) is 2.98. The van der Waals surface area contributed by atoms with E-state index in [0.717, 1.165) is 18.3 Å². The lowest BCUT2D eigenvalue weighted by Gasteiger charge is -2.02. The van der Waals surface area contributed by atoms with Gasteiger partial charge in [-0.3, -0.25) is 0 Å². The van der Waals surface area contributed by atoms with Crippen LogP contribution >= 0.6 is 0 Å². The molecule has 1 N–H and O–H groups in total. The van der Waals surface area contributed by atoms with Crippen molar-refractivity contribution in [2.75, 3.05) is 13.6 Å². The van der Waals surface area contributed by atoms with Crippen molar-refractivity contribution in [2.45, 2.75) is 25.7 Å². The summed E-state index contributed by atoms with van der Waals surface area (Å²) < 4.78 is 0. The molecule has 1 aromatic carbocycles. The van der Waals surface area contributed by atoms with Gasteiger partial charge in [0.25, 0.3) is 0 Å². The summed E-state index contributed by atoms with van der Waals surface area (Å²) in [6.45, 7) is 3.37. The lowest BCUT2D eigenvalue weighted by atomic mass is 10.1. The first-order valence-corrected chi connectivity index (χ1v) is 5.58. The Kier molecular flexibility index (Phi) is 2.87. The van der Waals surface area contributed by atoms with Crippen LogP contribution in [0.15, 0.2) is 24.3 Å². The zero-order chi connectivity index (χ0) is 9.97. The summed E-state index contributed by atoms with van der Waals surface area (Å²) in [5.74, 6) is 1.71. The van der Waals surface area contributed by atoms with E-state index in [9.17, 15) is 0 Å². The lowest BCUT2D eigenvalue weighted by Crippen LogP contribution is -2.10. The van der Waals surface area contributed by atoms with E-state index in [-0.39, 0.29) is 0 Å². The maximum atomic E-state index is 3.25. The molecule has 14 heavy (non-hydrogen) atoms. The van der Waals surface area contributed by atoms with Gasteiger partial charge in [-0.25, -0.2) is 0 Å². The van der Waals surface area contributed by atoms with Crippen molar-refractivity contribution in [3.8, 4) is 0 Å². The second kappa shape index (κ2) is 4.14. The second-order valence-electron chi connectivity index (χ2n) is 4.26. The van der Waals surface area contributed by atoms with Crippen molar-refractivity contribution in [1.82, 2.24) is 5.32 Å². The standard InChI is InChI=1S/C13H19N/c1-3-10-4-6-11(7-5-10)13-8-12(13)9-14-2/h4-7,12-14H,3,8-9H2,1-2H3/t12-,13+/m1/s1. The molecule has 0 radical (unpaired) electrons. The first-order valence-electron chi connectivity index (χ1n) is 5.58. The van der Waals surface area contributed by atoms with Crippen molar-refractivity contribution in [2.24, 2.45) is 5.92 Å². The van der Waals surface area contributed by atoms with Crippen LogP contribution in [0.4, 0.5) is 0 Å². The highest BCUT2D eigenvalue weighted by Gasteiger charge is 2.37. The van der Waals surface area contributed by atoms with Crippen molar-refractivity contribution in [3.63, 3.8) is 0 Å². The largest absolute Gasteiger partial charge is 0.319 e. The molecule has 2 rings (SSSR count). The highest BCUT2D eigenvalue weighted by molar-refractivity contribution is 5.29. The van der Waals surface area contributed by atoms with Crippen molar-refractivity contribution < 1.29 is 0 Å². The Balaban J connectivity index is 1.98. The van der Waals surface area contributed by atoms with Crippen molar-refractivity contribution >= 4 is 0 Å². The Morgan fingerprint density at radius 1 is 1.29 bits per heavy atom. The van der Waals surface area contributed by atoms with Crippen LogP contribution in [0.2, 0.25) is 0 Å². The fourth-order valence-corrected chi connectivity index (χ4v) is 2.14. The molecule has 1 heteroatoms. The number of hydrogen-bond acceptors (Lipinski definition) is 1. The zero-order valence-corrected chi connectivity index (χ0v) is 9.09. The number of rotatable bonds is 4. The van der Waals surface area contributed by atoms with Crippen LogP contribution < -0.4 is 5.32 Å². The Bertz CT molecular complexity index is 289. The molecule has 1 fully saturated rings. The molecule has 0 unspecified atom stereocenters. The molecule has 0 aromatic heterocycles. The monoisotopic (exact) mass is 189 g/mol. The Hall–Kier alpha value is -0.820. The number of nitrogens with one attached hydrogen (secondary N) is 1. The van der Waals surface area contributed by atoms with Gasteiger partial charge in [0.1, 0.15) is 0 Å². The highest BCUT2D eigenvalue weighted by Crippen LogP contribution is 2.46. The molecule has 1 aliphatic carbocycles. The topological polar surface area (TPSA) is 12.0 Å². The van der Waals surface area contributed by atoms with Gasteiger partial charge in [-0.1, -0.05) is 31.2 Å². The van der Waals surface area contributed by atoms with E-state index in [1.165, 1.54) is 24.1 Å². The zero-order valence-electron chi connectivity index (χ0n) is 9.09. The molecule has 0 saturated heterocycles. The third-order valence-electron chi connectivity index (χ3n) is 3.21. The minimum absolute atomic E-state index is 0.827. The minimum atomic E-state index is 0.827. The number of aryl methyl sites for hydroxylation is 1. The molecular formula is C13H19N. The Labute approximate surface area is 86.5 Å². The smallest absolute Gasteiger partial charge is 0.00175 e. The first kappa shape index (κ1) is 9.72. The molecule has 1 nitrogen and oxygen atoms in total. The Morgan fingerprint density at radius 3 is 2.57 bits per heavy atom. The lowest BCUT2D eigenvalue weighted by molar-refractivity contribution is 0.698. The van der Waals surface area contributed by atoms with Gasteiger partial charge < -0.3 is 5.32 Å². The summed E-state index contributed by atoms with van der Waals surface area (Å²) in [4.78, 5) is 0. The van der Waals surface area contributed by atoms with Gasteiger partial charge in [-0.05, 0) is 49.4 Å². The maximum absolute atomic E-state index is 3.25. The minimum Gasteiger partial charge on any atom is -0.319 e. The summed E-state index contributed by atoms with van der Waals surface area (Å²) in [6.07, 6.45) is 2.51. The van der Waals surface area contributed by atoms with E-state index in [1.54, 1.807) is 0 Å². The van der Waals surface area contributed by atoms with Gasteiger partial charge in [-0.2, -0.15) is 0 Å². The molecule has 0 spiro atoms. The summed E-state index contributed by atoms with van der Waals surface area (Å²) >= 11 is 0. The summed E-state index contributed by atoms with van der Waals surface area (Å²) in [7, 11) is 2.04. The van der Waals surface area contributed by atoms with E-state index in [1.807, 2.05) is 7.05 Å². The van der Waals surface area contributed by atoms with Crippen LogP contribution in [0, 0.1) is 5.92 Å². The summed E-state index contributed by atoms with van der Waals surface area (Å²) in [5, 5.41) is 3.25. The maximum Gasteiger partial charge on any atom is -0.00175 e. The normalized spacial score (nSPS) is 25.0. The molecule has 1 aromatic rings. The SMILES string of the molecule is CCc1ccc([C@@H]2C[C@@H]2CNC)cc1. The Morgan fingerprint density at radius 2 is 2.00 bits per heavy atom. The van der Waals surface area contributed by atoms with Gasteiger partial charge in [0.15, 0.2) is 0 Å². The number of hydrogen-bond donors (Lipinski definition) is 1. The third kappa shape index (κ3) is 1.98. The van der Waals surface area contributed by atoms with E-state index in [2.05, 4.69) is 36.5 Å². The fraction of sp³-hybridized carbons (Fsp3) is 0.538. The quantitative estimate of drug-likeness (QED) is 0.767. The van der Waals surface area contributed by atoms with Crippen molar-refractivity contribution in [1.29, 1.82) is 0 Å². The molecule has 0 aliphatic heterocycles. The number of benzene rings is 1. The highest BCUT2D eigenvalue weighted by atomic mass is 14.8. The fourth-order valence-electron chi connectivity index (χ4n) is 2.14. The van der Waals surface area contributed by atoms with Crippen LogP contribution in [-0.4, -0.2) is 13.6 Å². The van der Waals surface area contributed by atoms with Crippen LogP contribution in [0.3, 0.4) is 0 Å². The van der Waals surface area contributed by atoms with Gasteiger partial charge in [0.2, 0.25) is 0 Å². The van der Waals surface area contributed by atoms with Gasteiger partial charge >= 0.3 is 0 Å². The van der Waals surface area contributed by atoms with E-state index in [4.69, 9.17) is 0 Å². The molecule has 76 valence electrons. The summed E-state index contributed by atoms with van der Waals surface area (Å²) in [5.41, 5.74) is 2.97. The van der Waals surface area contributed by atoms with E-state index in [0.29, 0.717) is 0 Å². The van der Waals surface area contributed by atoms with Crippen LogP contribution in [0.5, 0.6) is 0 Å². The van der Waals surface area contributed by atoms with Gasteiger partial charge in [0.05, 0.1) is 0 Å². The third-order valence-corrected chi connectivity index (χ3v) is 3.21. The van der Waals surface area contributed by atoms with Crippen LogP contribution in [0.25, 0.3) is 0 Å². The van der Waals surface area contributed by atoms with Crippen molar-refractivity contribution in [3.05, 3.63) is 35.4 Å². The molecule has 1 saturated carbocycles. The molecule has 2 atom stereocenters. The molecular weight excluding hydrogens is 170 g/mol. The summed E-state index contributed by atoms with van der Waals surface area (Å²) in [6, 6.07) is 9.15. The first-order chi connectivity index (χ1) is 6.85. The van der Waals surface area contributed by atoms with Gasteiger partial charge in [-0.15, -0.1) is 0 Å².